The summed E-state index contributed by atoms with van der Waals surface area (Å²) in [7, 11) is 0. The van der Waals surface area contributed by atoms with Crippen molar-refractivity contribution in [1.29, 1.82) is 0 Å². The molecule has 1 nitrogen and oxygen atoms in total. The van der Waals surface area contributed by atoms with E-state index in [1.165, 1.54) is 6.55 Å². The lowest BCUT2D eigenvalue weighted by atomic mass is 10.5. The van der Waals surface area contributed by atoms with Gasteiger partial charge in [0.2, 0.25) is 0 Å². The van der Waals surface area contributed by atoms with Gasteiger partial charge < -0.3 is 4.74 Å². The molecule has 0 saturated carbocycles. The van der Waals surface area contributed by atoms with Gasteiger partial charge in [0.15, 0.2) is 0 Å². The van der Waals surface area contributed by atoms with E-state index < -0.39 is 25.2 Å². The van der Waals surface area contributed by atoms with Crippen molar-refractivity contribution in [1.82, 2.24) is 0 Å². The van der Waals surface area contributed by atoms with Crippen LogP contribution >= 0.6 is 22.2 Å². The third-order valence-corrected chi connectivity index (χ3v) is 4.56. The molecule has 0 N–H and O–H groups in total. The number of rotatable bonds is 5. The molecule has 0 aliphatic heterocycles. The first-order chi connectivity index (χ1) is 5.79. The fraction of sp³-hybridized carbons (Fsp3) is 1.00. The van der Waals surface area contributed by atoms with E-state index in [1.807, 2.05) is 0 Å². The molecule has 0 aromatic heterocycles. The number of hydrogen-bond acceptors (Lipinski definition) is 1. The van der Waals surface area contributed by atoms with Crippen LogP contribution in [0.5, 0.6) is 0 Å². The molecule has 0 fully saturated rings. The van der Waals surface area contributed by atoms with E-state index in [9.17, 15) is 13.2 Å². The molecule has 0 aromatic rings. The summed E-state index contributed by atoms with van der Waals surface area (Å²) in [4.78, 5) is 0. The van der Waals surface area contributed by atoms with Crippen LogP contribution in [0.1, 0.15) is 13.3 Å². The van der Waals surface area contributed by atoms with Gasteiger partial charge in [0, 0.05) is 0 Å². The molecule has 0 spiro atoms. The van der Waals surface area contributed by atoms with Gasteiger partial charge in [0.1, 0.15) is 0 Å². The van der Waals surface area contributed by atoms with E-state index in [0.717, 1.165) is 0 Å². The van der Waals surface area contributed by atoms with Gasteiger partial charge in [0.25, 0.3) is 19.5 Å². The van der Waals surface area contributed by atoms with Gasteiger partial charge in [-0.25, -0.2) is 13.2 Å². The van der Waals surface area contributed by atoms with Gasteiger partial charge in [-0.05, 0) is 13.0 Å². The summed E-state index contributed by atoms with van der Waals surface area (Å²) in [6.07, 6.45) is -5.43. The zero-order valence-electron chi connectivity index (χ0n) is 7.24. The molecule has 0 heterocycles. The summed E-state index contributed by atoms with van der Waals surface area (Å²) in [5.74, 6) is 0. The normalized spacial score (nSPS) is 17.5. The highest BCUT2D eigenvalue weighted by Crippen LogP contribution is 2.26. The molecule has 0 radical (unpaired) electrons. The Labute approximate surface area is 85.6 Å². The maximum Gasteiger partial charge on any atom is 0.293 e. The molecule has 80 valence electrons. The highest BCUT2D eigenvalue weighted by molar-refractivity contribution is 7.45. The Balaban J connectivity index is 4.14. The Hall–Kier alpha value is 0.547. The summed E-state index contributed by atoms with van der Waals surface area (Å²) >= 11 is 11.4. The summed E-state index contributed by atoms with van der Waals surface area (Å²) < 4.78 is 40.3. The minimum Gasteiger partial charge on any atom is -0.341 e. The van der Waals surface area contributed by atoms with Crippen LogP contribution in [0.3, 0.4) is 0 Å². The van der Waals surface area contributed by atoms with Crippen LogP contribution in [0, 0.1) is 0 Å². The number of alkyl halides is 3. The second-order valence-electron chi connectivity index (χ2n) is 2.67. The van der Waals surface area contributed by atoms with Crippen LogP contribution in [0.15, 0.2) is 0 Å². The van der Waals surface area contributed by atoms with Crippen LogP contribution in [-0.4, -0.2) is 25.2 Å². The molecule has 0 amide bonds. The highest BCUT2D eigenvalue weighted by Gasteiger charge is 2.37. The molecule has 7 heteroatoms. The Bertz CT molecular complexity index is 153. The van der Waals surface area contributed by atoms with Crippen LogP contribution in [0.25, 0.3) is 0 Å². The molecule has 2 atom stereocenters. The van der Waals surface area contributed by atoms with Gasteiger partial charge in [-0.3, -0.25) is 0 Å². The molecule has 0 saturated heterocycles. The maximum atomic E-state index is 12.4. The maximum absolute atomic E-state index is 12.4. The van der Waals surface area contributed by atoms with E-state index in [1.54, 1.807) is 6.92 Å². The van der Waals surface area contributed by atoms with Crippen molar-refractivity contribution in [2.24, 2.45) is 0 Å². The van der Waals surface area contributed by atoms with Crippen LogP contribution in [0.2, 0.25) is 6.55 Å². The SMILES string of the molecule is CCC(OC(F)C(F)F)[Si](C)(Cl)Cl. The molecule has 0 aromatic carbocycles. The Morgan fingerprint density at radius 1 is 1.31 bits per heavy atom. The second kappa shape index (κ2) is 5.43. The topological polar surface area (TPSA) is 9.23 Å². The monoisotopic (exact) mass is 254 g/mol. The highest BCUT2D eigenvalue weighted by atomic mass is 35.7. The summed E-state index contributed by atoms with van der Waals surface area (Å²) in [6.45, 7) is 0.408. The Kier molecular flexibility index (Phi) is 5.66. The summed E-state index contributed by atoms with van der Waals surface area (Å²) in [6, 6.07) is 0. The molecular weight excluding hydrogens is 244 g/mol. The van der Waals surface area contributed by atoms with Crippen molar-refractivity contribution in [2.75, 3.05) is 0 Å². The fourth-order valence-corrected chi connectivity index (χ4v) is 3.11. The van der Waals surface area contributed by atoms with Crippen LogP contribution in [0.4, 0.5) is 13.2 Å². The smallest absolute Gasteiger partial charge is 0.293 e. The summed E-state index contributed by atoms with van der Waals surface area (Å²) in [5.41, 5.74) is -0.806. The van der Waals surface area contributed by atoms with Crippen molar-refractivity contribution < 1.29 is 17.9 Å². The minimum absolute atomic E-state index is 0.322. The van der Waals surface area contributed by atoms with Gasteiger partial charge in [-0.15, -0.1) is 22.2 Å². The second-order valence-corrected chi connectivity index (χ2v) is 10.5. The first kappa shape index (κ1) is 13.5. The lowest BCUT2D eigenvalue weighted by Crippen LogP contribution is -2.39. The average molecular weight is 255 g/mol. The van der Waals surface area contributed by atoms with Crippen molar-refractivity contribution >= 4 is 28.9 Å². The predicted octanol–water partition coefficient (Wildman–Crippen LogP) is 3.43. The van der Waals surface area contributed by atoms with Crippen molar-refractivity contribution in [3.63, 3.8) is 0 Å². The van der Waals surface area contributed by atoms with Crippen molar-refractivity contribution in [3.05, 3.63) is 0 Å². The molecule has 0 aliphatic carbocycles. The molecule has 2 unspecified atom stereocenters. The first-order valence-corrected chi connectivity index (χ1v) is 8.34. The summed E-state index contributed by atoms with van der Waals surface area (Å²) in [5, 5.41) is 0. The largest absolute Gasteiger partial charge is 0.341 e. The third-order valence-electron chi connectivity index (χ3n) is 1.43. The molecule has 0 rings (SSSR count). The fourth-order valence-electron chi connectivity index (χ4n) is 0.790. The molecule has 0 aliphatic rings. The molecule has 0 bridgehead atoms. The zero-order valence-corrected chi connectivity index (χ0v) is 9.75. The zero-order chi connectivity index (χ0) is 10.6. The standard InChI is InChI=1S/C6H11Cl2F3OSi/c1-3-4(13(2,7)8)12-6(11)5(9)10/h4-6H,3H2,1-2H3. The number of hydrogen-bond donors (Lipinski definition) is 0. The van der Waals surface area contributed by atoms with E-state index in [4.69, 9.17) is 22.2 Å². The van der Waals surface area contributed by atoms with E-state index in [0.29, 0.717) is 6.42 Å². The lowest BCUT2D eigenvalue weighted by Gasteiger charge is -2.24. The molecule has 13 heavy (non-hydrogen) atoms. The number of ether oxygens (including phenoxy) is 1. The van der Waals surface area contributed by atoms with E-state index >= 15 is 0 Å². The predicted molar refractivity (Wildman–Crippen MR) is 49.4 cm³/mol. The van der Waals surface area contributed by atoms with Gasteiger partial charge in [-0.2, -0.15) is 0 Å². The van der Waals surface area contributed by atoms with E-state index in [-0.39, 0.29) is 0 Å². The van der Waals surface area contributed by atoms with Gasteiger partial charge in [-0.1, -0.05) is 6.92 Å². The third kappa shape index (κ3) is 5.10. The van der Waals surface area contributed by atoms with Crippen LogP contribution < -0.4 is 0 Å². The first-order valence-electron chi connectivity index (χ1n) is 3.74. The number of halogens is 5. The lowest BCUT2D eigenvalue weighted by molar-refractivity contribution is -0.140. The Morgan fingerprint density at radius 3 is 2.00 bits per heavy atom. The minimum atomic E-state index is -3.15. The van der Waals surface area contributed by atoms with Crippen molar-refractivity contribution in [2.45, 2.75) is 38.4 Å². The van der Waals surface area contributed by atoms with Gasteiger partial charge in [0.05, 0.1) is 5.73 Å². The average Bonchev–Trinajstić information content (AvgIpc) is 1.96. The quantitative estimate of drug-likeness (QED) is 0.540. The molecular formula is C6H11Cl2F3OSi. The Morgan fingerprint density at radius 2 is 1.77 bits per heavy atom. The van der Waals surface area contributed by atoms with Gasteiger partial charge >= 0.3 is 0 Å². The van der Waals surface area contributed by atoms with Crippen LogP contribution in [-0.2, 0) is 4.74 Å². The van der Waals surface area contributed by atoms with E-state index in [2.05, 4.69) is 4.74 Å². The van der Waals surface area contributed by atoms with Crippen molar-refractivity contribution in [3.8, 4) is 0 Å².